The van der Waals surface area contributed by atoms with E-state index in [4.69, 9.17) is 4.74 Å². The highest BCUT2D eigenvalue weighted by molar-refractivity contribution is 5.76. The fraction of sp³-hybridized carbons (Fsp3) is 0.857. The zero-order valence-electron chi connectivity index (χ0n) is 13.1. The van der Waals surface area contributed by atoms with Crippen LogP contribution in [0, 0.1) is 0 Å². The molecule has 1 aliphatic heterocycles. The second-order valence-corrected chi connectivity index (χ2v) is 6.08. The lowest BCUT2D eigenvalue weighted by molar-refractivity contribution is -0.122. The predicted molar refractivity (Wildman–Crippen MR) is 77.5 cm³/mol. The molecule has 1 saturated heterocycles. The van der Waals surface area contributed by atoms with Crippen molar-refractivity contribution in [1.29, 1.82) is 0 Å². The normalized spacial score (nSPS) is 16.9. The van der Waals surface area contributed by atoms with E-state index in [2.05, 4.69) is 10.2 Å². The molecule has 0 unspecified atom stereocenters. The van der Waals surface area contributed by atoms with Gasteiger partial charge in [0.05, 0.1) is 6.61 Å². The van der Waals surface area contributed by atoms with Crippen molar-refractivity contribution in [3.05, 3.63) is 0 Å². The number of hydrogen-bond donors (Lipinski definition) is 1. The molecule has 6 heteroatoms. The molecule has 0 aromatic rings. The second-order valence-electron chi connectivity index (χ2n) is 6.08. The van der Waals surface area contributed by atoms with Crippen LogP contribution in [0.15, 0.2) is 0 Å². The van der Waals surface area contributed by atoms with Crippen LogP contribution in [0.1, 0.15) is 34.1 Å². The molecule has 6 nitrogen and oxygen atoms in total. The lowest BCUT2D eigenvalue weighted by Crippen LogP contribution is -2.50. The van der Waals surface area contributed by atoms with Gasteiger partial charge >= 0.3 is 6.09 Å². The summed E-state index contributed by atoms with van der Waals surface area (Å²) in [5, 5.41) is 2.95. The van der Waals surface area contributed by atoms with Gasteiger partial charge < -0.3 is 15.0 Å². The maximum absolute atomic E-state index is 11.7. The lowest BCUT2D eigenvalue weighted by atomic mass is 10.1. The van der Waals surface area contributed by atoms with E-state index >= 15 is 0 Å². The number of nitrogens with one attached hydrogen (secondary N) is 1. The summed E-state index contributed by atoms with van der Waals surface area (Å²) in [6, 6.07) is 0. The van der Waals surface area contributed by atoms with Gasteiger partial charge in [-0.1, -0.05) is 0 Å². The molecule has 0 bridgehead atoms. The third-order valence-electron chi connectivity index (χ3n) is 3.07. The second kappa shape index (κ2) is 7.47. The van der Waals surface area contributed by atoms with E-state index in [0.717, 1.165) is 19.6 Å². The topological polar surface area (TPSA) is 61.9 Å². The molecule has 0 atom stereocenters. The Morgan fingerprint density at radius 2 is 1.75 bits per heavy atom. The smallest absolute Gasteiger partial charge is 0.409 e. The Labute approximate surface area is 121 Å². The Kier molecular flexibility index (Phi) is 6.26. The number of ether oxygens (including phenoxy) is 1. The van der Waals surface area contributed by atoms with E-state index in [1.54, 1.807) is 4.90 Å². The quantitative estimate of drug-likeness (QED) is 0.839. The van der Waals surface area contributed by atoms with E-state index in [1.165, 1.54) is 0 Å². The molecule has 2 amide bonds. The minimum Gasteiger partial charge on any atom is -0.450 e. The maximum Gasteiger partial charge on any atom is 0.409 e. The van der Waals surface area contributed by atoms with Gasteiger partial charge in [0.2, 0.25) is 5.91 Å². The Balaban J connectivity index is 2.23. The number of piperazine rings is 1. The summed E-state index contributed by atoms with van der Waals surface area (Å²) in [6.07, 6.45) is 0.258. The van der Waals surface area contributed by atoms with Gasteiger partial charge in [-0.2, -0.15) is 0 Å². The van der Waals surface area contributed by atoms with Crippen LogP contribution in [0.5, 0.6) is 0 Å². The van der Waals surface area contributed by atoms with E-state index < -0.39 is 0 Å². The molecule has 1 aliphatic rings. The fourth-order valence-electron chi connectivity index (χ4n) is 2.11. The third kappa shape index (κ3) is 6.23. The van der Waals surface area contributed by atoms with E-state index in [-0.39, 0.29) is 17.5 Å². The van der Waals surface area contributed by atoms with Crippen molar-refractivity contribution in [2.75, 3.05) is 39.3 Å². The van der Waals surface area contributed by atoms with Gasteiger partial charge in [-0.05, 0) is 27.7 Å². The van der Waals surface area contributed by atoms with Crippen molar-refractivity contribution in [1.82, 2.24) is 15.1 Å². The minimum atomic E-state index is -0.238. The Bertz CT molecular complexity index is 331. The van der Waals surface area contributed by atoms with Gasteiger partial charge in [-0.3, -0.25) is 9.69 Å². The fourth-order valence-corrected chi connectivity index (χ4v) is 2.11. The largest absolute Gasteiger partial charge is 0.450 e. The molecule has 116 valence electrons. The number of carbonyl (C=O) groups is 2. The van der Waals surface area contributed by atoms with Gasteiger partial charge in [0.1, 0.15) is 0 Å². The molecule has 0 aliphatic carbocycles. The molecule has 0 aromatic heterocycles. The summed E-state index contributed by atoms with van der Waals surface area (Å²) >= 11 is 0. The average Bonchev–Trinajstić information content (AvgIpc) is 2.35. The summed E-state index contributed by atoms with van der Waals surface area (Å²) in [5.41, 5.74) is -0.181. The average molecular weight is 285 g/mol. The van der Waals surface area contributed by atoms with Gasteiger partial charge in [-0.25, -0.2) is 4.79 Å². The van der Waals surface area contributed by atoms with Crippen molar-refractivity contribution in [3.63, 3.8) is 0 Å². The summed E-state index contributed by atoms with van der Waals surface area (Å²) < 4.78 is 4.97. The molecule has 1 rings (SSSR count). The van der Waals surface area contributed by atoms with Gasteiger partial charge in [-0.15, -0.1) is 0 Å². The molecular weight excluding hydrogens is 258 g/mol. The number of carbonyl (C=O) groups excluding carboxylic acids is 2. The number of rotatable bonds is 4. The first-order chi connectivity index (χ1) is 9.31. The van der Waals surface area contributed by atoms with Gasteiger partial charge in [0.25, 0.3) is 0 Å². The van der Waals surface area contributed by atoms with Crippen LogP contribution in [-0.2, 0) is 9.53 Å². The predicted octanol–water partition coefficient (Wildman–Crippen LogP) is 1.07. The van der Waals surface area contributed by atoms with Crippen molar-refractivity contribution in [2.24, 2.45) is 0 Å². The van der Waals surface area contributed by atoms with Crippen molar-refractivity contribution >= 4 is 12.0 Å². The monoisotopic (exact) mass is 285 g/mol. The molecular formula is C14H27N3O3. The van der Waals surface area contributed by atoms with Crippen LogP contribution >= 0.6 is 0 Å². The number of amides is 2. The number of hydrogen-bond acceptors (Lipinski definition) is 4. The van der Waals surface area contributed by atoms with Crippen LogP contribution in [0.25, 0.3) is 0 Å². The van der Waals surface area contributed by atoms with E-state index in [9.17, 15) is 9.59 Å². The van der Waals surface area contributed by atoms with E-state index in [1.807, 2.05) is 27.7 Å². The van der Waals surface area contributed by atoms with Crippen LogP contribution in [-0.4, -0.2) is 66.7 Å². The minimum absolute atomic E-state index is 0.0744. The third-order valence-corrected chi connectivity index (χ3v) is 3.07. The molecule has 1 heterocycles. The lowest BCUT2D eigenvalue weighted by Gasteiger charge is -2.34. The summed E-state index contributed by atoms with van der Waals surface area (Å²) in [4.78, 5) is 27.2. The standard InChI is InChI=1S/C14H27N3O3/c1-5-20-13(19)17-10-8-16(9-11-17)7-6-12(18)15-14(2,3)4/h5-11H2,1-4H3,(H,15,18). The highest BCUT2D eigenvalue weighted by Crippen LogP contribution is 2.05. The zero-order chi connectivity index (χ0) is 15.2. The Morgan fingerprint density at radius 3 is 2.25 bits per heavy atom. The molecule has 0 aromatic carbocycles. The van der Waals surface area contributed by atoms with Crippen LogP contribution in [0.2, 0.25) is 0 Å². The van der Waals surface area contributed by atoms with Crippen LogP contribution in [0.4, 0.5) is 4.79 Å². The Morgan fingerprint density at radius 1 is 1.15 bits per heavy atom. The molecule has 1 N–H and O–H groups in total. The first-order valence-electron chi connectivity index (χ1n) is 7.27. The van der Waals surface area contributed by atoms with Gasteiger partial charge in [0.15, 0.2) is 0 Å². The Hall–Kier alpha value is -1.30. The molecule has 0 radical (unpaired) electrons. The van der Waals surface area contributed by atoms with Gasteiger partial charge in [0, 0.05) is 44.7 Å². The molecule has 0 saturated carbocycles. The van der Waals surface area contributed by atoms with Crippen molar-refractivity contribution < 1.29 is 14.3 Å². The first kappa shape index (κ1) is 16.8. The molecule has 1 fully saturated rings. The molecule has 0 spiro atoms. The van der Waals surface area contributed by atoms with E-state index in [0.29, 0.717) is 26.1 Å². The summed E-state index contributed by atoms with van der Waals surface area (Å²) in [6.45, 7) is 11.8. The van der Waals surface area contributed by atoms with Crippen LogP contribution in [0.3, 0.4) is 0 Å². The SMILES string of the molecule is CCOC(=O)N1CCN(CCC(=O)NC(C)(C)C)CC1. The zero-order valence-corrected chi connectivity index (χ0v) is 13.1. The highest BCUT2D eigenvalue weighted by Gasteiger charge is 2.22. The first-order valence-corrected chi connectivity index (χ1v) is 7.27. The van der Waals surface area contributed by atoms with Crippen molar-refractivity contribution in [2.45, 2.75) is 39.7 Å². The highest BCUT2D eigenvalue weighted by atomic mass is 16.6. The summed E-state index contributed by atoms with van der Waals surface area (Å²) in [5.74, 6) is 0.0744. The van der Waals surface area contributed by atoms with Crippen LogP contribution < -0.4 is 5.32 Å². The maximum atomic E-state index is 11.7. The number of nitrogens with zero attached hydrogens (tertiary/aromatic N) is 2. The summed E-state index contributed by atoms with van der Waals surface area (Å²) in [7, 11) is 0. The van der Waals surface area contributed by atoms with Crippen molar-refractivity contribution in [3.8, 4) is 0 Å². The molecule has 20 heavy (non-hydrogen) atoms.